The lowest BCUT2D eigenvalue weighted by molar-refractivity contribution is 0.0322. The molecule has 0 aliphatic carbocycles. The highest BCUT2D eigenvalue weighted by atomic mass is 32.2. The molecule has 0 unspecified atom stereocenters. The van der Waals surface area contributed by atoms with Crippen molar-refractivity contribution in [3.05, 3.63) is 66.0 Å². The zero-order valence-electron chi connectivity index (χ0n) is 19.3. The molecule has 1 aromatic heterocycles. The molecule has 1 fully saturated rings. The van der Waals surface area contributed by atoms with Gasteiger partial charge in [0.05, 0.1) is 37.2 Å². The molecule has 34 heavy (non-hydrogen) atoms. The molecular formula is C26H28N4O3S. The normalized spacial score (nSPS) is 15.9. The third-order valence-corrected chi connectivity index (χ3v) is 7.13. The first-order valence-electron chi connectivity index (χ1n) is 11.5. The van der Waals surface area contributed by atoms with E-state index in [0.29, 0.717) is 18.2 Å². The van der Waals surface area contributed by atoms with Crippen molar-refractivity contribution in [3.8, 4) is 17.1 Å². The van der Waals surface area contributed by atoms with Gasteiger partial charge in [0.25, 0.3) is 0 Å². The summed E-state index contributed by atoms with van der Waals surface area (Å²) in [5.74, 6) is 2.34. The van der Waals surface area contributed by atoms with Gasteiger partial charge >= 0.3 is 0 Å². The maximum atomic E-state index is 11.7. The zero-order valence-corrected chi connectivity index (χ0v) is 20.1. The van der Waals surface area contributed by atoms with E-state index in [1.807, 2.05) is 24.3 Å². The van der Waals surface area contributed by atoms with Crippen molar-refractivity contribution >= 4 is 23.2 Å². The predicted octanol–water partition coefficient (Wildman–Crippen LogP) is 4.13. The molecule has 176 valence electrons. The van der Waals surface area contributed by atoms with E-state index in [4.69, 9.17) is 9.47 Å². The number of ether oxygens (including phenoxy) is 2. The number of anilines is 1. The van der Waals surface area contributed by atoms with Crippen molar-refractivity contribution < 1.29 is 14.3 Å². The summed E-state index contributed by atoms with van der Waals surface area (Å²) in [7, 11) is 0. The highest BCUT2D eigenvalue weighted by Crippen LogP contribution is 2.40. The zero-order chi connectivity index (χ0) is 23.3. The number of Topliss-reactive ketones (excluding diaryl/α,β-unsaturated/α-hetero) is 1. The number of morpholine rings is 1. The lowest BCUT2D eigenvalue weighted by Crippen LogP contribution is -2.38. The lowest BCUT2D eigenvalue weighted by Gasteiger charge is -2.26. The number of thioether (sulfide) groups is 1. The Kier molecular flexibility index (Phi) is 7.08. The Hall–Kier alpha value is -2.94. The first-order valence-corrected chi connectivity index (χ1v) is 12.5. The van der Waals surface area contributed by atoms with Gasteiger partial charge in [0.1, 0.15) is 6.61 Å². The highest BCUT2D eigenvalue weighted by Gasteiger charge is 2.21. The third-order valence-electron chi connectivity index (χ3n) is 6.05. The quantitative estimate of drug-likeness (QED) is 0.450. The van der Waals surface area contributed by atoms with Crippen molar-refractivity contribution in [2.24, 2.45) is 0 Å². The van der Waals surface area contributed by atoms with Gasteiger partial charge in [0.2, 0.25) is 0 Å². The molecule has 0 amide bonds. The largest absolute Gasteiger partial charge is 0.489 e. The summed E-state index contributed by atoms with van der Waals surface area (Å²) in [5, 5.41) is 0. The van der Waals surface area contributed by atoms with Gasteiger partial charge in [-0.15, -0.1) is 11.8 Å². The van der Waals surface area contributed by atoms with E-state index in [1.54, 1.807) is 31.1 Å². The SMILES string of the molecule is CC(=O)c1ccc2c(c1)SCN2Cc1cccc(-c2ncc(OCCN3CCOCC3)cn2)c1. The van der Waals surface area contributed by atoms with Crippen LogP contribution in [-0.4, -0.2) is 66.0 Å². The minimum absolute atomic E-state index is 0.100. The molecule has 1 saturated heterocycles. The maximum Gasteiger partial charge on any atom is 0.159 e. The lowest BCUT2D eigenvalue weighted by atomic mass is 10.1. The van der Waals surface area contributed by atoms with Gasteiger partial charge in [-0.1, -0.05) is 18.2 Å². The number of nitrogens with zero attached hydrogens (tertiary/aromatic N) is 4. The van der Waals surface area contributed by atoms with Crippen LogP contribution < -0.4 is 9.64 Å². The number of aromatic nitrogens is 2. The number of carbonyl (C=O) groups excluding carboxylic acids is 1. The number of ketones is 1. The minimum atomic E-state index is 0.100. The van der Waals surface area contributed by atoms with Crippen LogP contribution in [0.2, 0.25) is 0 Å². The van der Waals surface area contributed by atoms with Gasteiger partial charge in [-0.2, -0.15) is 0 Å². The van der Waals surface area contributed by atoms with Crippen LogP contribution in [0, 0.1) is 0 Å². The first kappa shape index (κ1) is 22.8. The Morgan fingerprint density at radius 1 is 1.12 bits per heavy atom. The van der Waals surface area contributed by atoms with E-state index in [2.05, 4.69) is 38.0 Å². The van der Waals surface area contributed by atoms with Crippen LogP contribution in [0.3, 0.4) is 0 Å². The van der Waals surface area contributed by atoms with E-state index in [9.17, 15) is 4.79 Å². The number of hydrogen-bond acceptors (Lipinski definition) is 8. The molecular weight excluding hydrogens is 448 g/mol. The van der Waals surface area contributed by atoms with Crippen LogP contribution in [0.5, 0.6) is 5.75 Å². The van der Waals surface area contributed by atoms with Crippen LogP contribution >= 0.6 is 11.8 Å². The molecule has 0 saturated carbocycles. The monoisotopic (exact) mass is 476 g/mol. The Morgan fingerprint density at radius 2 is 1.94 bits per heavy atom. The Balaban J connectivity index is 1.20. The molecule has 0 spiro atoms. The highest BCUT2D eigenvalue weighted by molar-refractivity contribution is 7.99. The van der Waals surface area contributed by atoms with E-state index in [1.165, 1.54) is 11.3 Å². The summed E-state index contributed by atoms with van der Waals surface area (Å²) in [5.41, 5.74) is 4.11. The second-order valence-corrected chi connectivity index (χ2v) is 9.44. The topological polar surface area (TPSA) is 67.8 Å². The number of hydrogen-bond donors (Lipinski definition) is 0. The molecule has 2 aliphatic rings. The molecule has 0 N–H and O–H groups in total. The van der Waals surface area contributed by atoms with Gasteiger partial charge in [-0.3, -0.25) is 9.69 Å². The van der Waals surface area contributed by atoms with Crippen molar-refractivity contribution in [3.63, 3.8) is 0 Å². The van der Waals surface area contributed by atoms with Crippen molar-refractivity contribution in [2.45, 2.75) is 18.4 Å². The summed E-state index contributed by atoms with van der Waals surface area (Å²) in [6.07, 6.45) is 3.49. The Labute approximate surface area is 204 Å². The summed E-state index contributed by atoms with van der Waals surface area (Å²) in [6, 6.07) is 14.3. The number of carbonyl (C=O) groups is 1. The van der Waals surface area contributed by atoms with E-state index in [0.717, 1.165) is 61.3 Å². The van der Waals surface area contributed by atoms with Gasteiger partial charge in [0, 0.05) is 42.2 Å². The predicted molar refractivity (Wildman–Crippen MR) is 134 cm³/mol. The number of benzene rings is 2. The first-order chi connectivity index (χ1) is 16.7. The van der Waals surface area contributed by atoms with E-state index < -0.39 is 0 Å². The fourth-order valence-corrected chi connectivity index (χ4v) is 5.22. The molecule has 2 aliphatic heterocycles. The average molecular weight is 477 g/mol. The minimum Gasteiger partial charge on any atom is -0.489 e. The number of rotatable bonds is 8. The molecule has 3 aromatic rings. The van der Waals surface area contributed by atoms with Crippen LogP contribution in [-0.2, 0) is 11.3 Å². The molecule has 7 nitrogen and oxygen atoms in total. The summed E-state index contributed by atoms with van der Waals surface area (Å²) in [4.78, 5) is 26.6. The molecule has 0 radical (unpaired) electrons. The number of fused-ring (bicyclic) bond motifs is 1. The fraction of sp³-hybridized carbons (Fsp3) is 0.346. The summed E-state index contributed by atoms with van der Waals surface area (Å²) in [6.45, 7) is 7.38. The molecule has 3 heterocycles. The van der Waals surface area contributed by atoms with Gasteiger partial charge in [-0.25, -0.2) is 9.97 Å². The van der Waals surface area contributed by atoms with Crippen molar-refractivity contribution in [2.75, 3.05) is 50.2 Å². The average Bonchev–Trinajstić information content (AvgIpc) is 3.27. The molecule has 5 rings (SSSR count). The summed E-state index contributed by atoms with van der Waals surface area (Å²) >= 11 is 1.77. The van der Waals surface area contributed by atoms with E-state index >= 15 is 0 Å². The Morgan fingerprint density at radius 3 is 2.74 bits per heavy atom. The molecule has 2 aromatic carbocycles. The van der Waals surface area contributed by atoms with Crippen LogP contribution in [0.1, 0.15) is 22.8 Å². The molecule has 8 heteroatoms. The smallest absolute Gasteiger partial charge is 0.159 e. The van der Waals surface area contributed by atoms with Crippen molar-refractivity contribution in [1.82, 2.24) is 14.9 Å². The molecule has 0 atom stereocenters. The second kappa shape index (κ2) is 10.5. The standard InChI is InChI=1S/C26H28N4O3S/c1-19(31)21-5-6-24-25(14-21)34-18-30(24)17-20-3-2-4-22(13-20)26-27-15-23(16-28-26)33-12-9-29-7-10-32-11-8-29/h2-6,13-16H,7-12,17-18H2,1H3. The van der Waals surface area contributed by atoms with Gasteiger partial charge < -0.3 is 14.4 Å². The summed E-state index contributed by atoms with van der Waals surface area (Å²) < 4.78 is 11.2. The second-order valence-electron chi connectivity index (χ2n) is 8.46. The fourth-order valence-electron chi connectivity index (χ4n) is 4.14. The van der Waals surface area contributed by atoms with Crippen molar-refractivity contribution in [1.29, 1.82) is 0 Å². The third kappa shape index (κ3) is 5.41. The Bertz CT molecular complexity index is 1150. The van der Waals surface area contributed by atoms with Crippen LogP contribution in [0.4, 0.5) is 5.69 Å². The molecule has 0 bridgehead atoms. The van der Waals surface area contributed by atoms with Gasteiger partial charge in [0.15, 0.2) is 17.4 Å². The van der Waals surface area contributed by atoms with Gasteiger partial charge in [-0.05, 0) is 36.8 Å². The maximum absolute atomic E-state index is 11.7. The van der Waals surface area contributed by atoms with Crippen LogP contribution in [0.25, 0.3) is 11.4 Å². The van der Waals surface area contributed by atoms with Crippen LogP contribution in [0.15, 0.2) is 59.8 Å². The van der Waals surface area contributed by atoms with E-state index in [-0.39, 0.29) is 5.78 Å².